The zero-order valence-corrected chi connectivity index (χ0v) is 7.20. The number of aliphatic hydroxyl groups excluding tert-OH is 1. The van der Waals surface area contributed by atoms with Crippen LogP contribution in [0.15, 0.2) is 30.5 Å². The molecular weight excluding hydrogens is 164 g/mol. The lowest BCUT2D eigenvalue weighted by atomic mass is 10.1. The summed E-state index contributed by atoms with van der Waals surface area (Å²) in [6.45, 7) is 0.248. The van der Waals surface area contributed by atoms with Crippen molar-refractivity contribution in [2.24, 2.45) is 5.73 Å². The number of rotatable bonds is 2. The first-order chi connectivity index (χ1) is 6.33. The monoisotopic (exact) mass is 176 g/mol. The van der Waals surface area contributed by atoms with Crippen LogP contribution < -0.4 is 5.73 Å². The Hall–Kier alpha value is -1.32. The SMILES string of the molecule is NC[C@H](O)c1cccc2cc[nH]c12. The van der Waals surface area contributed by atoms with E-state index in [4.69, 9.17) is 5.73 Å². The maximum Gasteiger partial charge on any atom is 0.0932 e. The number of para-hydroxylation sites is 1. The molecule has 3 nitrogen and oxygen atoms in total. The van der Waals surface area contributed by atoms with Gasteiger partial charge < -0.3 is 15.8 Å². The standard InChI is InChI=1S/C10H12N2O/c11-6-9(13)8-3-1-2-7-4-5-12-10(7)8/h1-5,9,12-13H,6,11H2/t9-/m0/s1. The minimum Gasteiger partial charge on any atom is -0.387 e. The van der Waals surface area contributed by atoms with E-state index in [1.54, 1.807) is 0 Å². The van der Waals surface area contributed by atoms with Gasteiger partial charge in [-0.25, -0.2) is 0 Å². The molecule has 0 amide bonds. The quantitative estimate of drug-likeness (QED) is 0.643. The van der Waals surface area contributed by atoms with Gasteiger partial charge in [0.1, 0.15) is 0 Å². The summed E-state index contributed by atoms with van der Waals surface area (Å²) in [4.78, 5) is 3.09. The van der Waals surface area contributed by atoms with Gasteiger partial charge in [-0.05, 0) is 11.5 Å². The minimum atomic E-state index is -0.581. The molecule has 2 rings (SSSR count). The van der Waals surface area contributed by atoms with Crippen molar-refractivity contribution in [2.45, 2.75) is 6.10 Å². The van der Waals surface area contributed by atoms with E-state index in [1.807, 2.05) is 30.5 Å². The molecule has 1 heterocycles. The highest BCUT2D eigenvalue weighted by atomic mass is 16.3. The van der Waals surface area contributed by atoms with E-state index in [0.717, 1.165) is 16.5 Å². The van der Waals surface area contributed by atoms with Crippen molar-refractivity contribution in [3.05, 3.63) is 36.0 Å². The highest BCUT2D eigenvalue weighted by molar-refractivity contribution is 5.82. The number of aromatic amines is 1. The third-order valence-electron chi connectivity index (χ3n) is 2.20. The Kier molecular flexibility index (Phi) is 2.04. The summed E-state index contributed by atoms with van der Waals surface area (Å²) in [6, 6.07) is 7.78. The first kappa shape index (κ1) is 8.29. The summed E-state index contributed by atoms with van der Waals surface area (Å²) < 4.78 is 0. The molecule has 0 aliphatic heterocycles. The number of aliphatic hydroxyl groups is 1. The zero-order chi connectivity index (χ0) is 9.26. The second-order valence-electron chi connectivity index (χ2n) is 3.04. The number of nitrogens with one attached hydrogen (secondary N) is 1. The van der Waals surface area contributed by atoms with E-state index in [9.17, 15) is 5.11 Å². The highest BCUT2D eigenvalue weighted by Gasteiger charge is 2.08. The number of hydrogen-bond acceptors (Lipinski definition) is 2. The number of hydrogen-bond donors (Lipinski definition) is 3. The summed E-state index contributed by atoms with van der Waals surface area (Å²) in [5, 5.41) is 10.7. The van der Waals surface area contributed by atoms with Crippen LogP contribution in [0.4, 0.5) is 0 Å². The van der Waals surface area contributed by atoms with Gasteiger partial charge in [0.15, 0.2) is 0 Å². The minimum absolute atomic E-state index is 0.248. The molecule has 0 radical (unpaired) electrons. The van der Waals surface area contributed by atoms with E-state index in [-0.39, 0.29) is 6.54 Å². The van der Waals surface area contributed by atoms with E-state index >= 15 is 0 Å². The largest absolute Gasteiger partial charge is 0.387 e. The van der Waals surface area contributed by atoms with E-state index < -0.39 is 6.10 Å². The third kappa shape index (κ3) is 1.32. The maximum absolute atomic E-state index is 9.60. The van der Waals surface area contributed by atoms with Crippen molar-refractivity contribution in [1.29, 1.82) is 0 Å². The zero-order valence-electron chi connectivity index (χ0n) is 7.20. The normalized spacial score (nSPS) is 13.4. The molecule has 0 saturated heterocycles. The first-order valence-electron chi connectivity index (χ1n) is 4.27. The Morgan fingerprint density at radius 2 is 2.23 bits per heavy atom. The maximum atomic E-state index is 9.60. The Balaban J connectivity index is 2.60. The second-order valence-corrected chi connectivity index (χ2v) is 3.04. The van der Waals surface area contributed by atoms with E-state index in [0.29, 0.717) is 0 Å². The Morgan fingerprint density at radius 1 is 1.38 bits per heavy atom. The Labute approximate surface area is 76.2 Å². The van der Waals surface area contributed by atoms with Gasteiger partial charge in [-0.1, -0.05) is 18.2 Å². The summed E-state index contributed by atoms with van der Waals surface area (Å²) in [5.41, 5.74) is 7.24. The fourth-order valence-electron chi connectivity index (χ4n) is 1.51. The van der Waals surface area contributed by atoms with Gasteiger partial charge in [0.25, 0.3) is 0 Å². The van der Waals surface area contributed by atoms with E-state index in [1.165, 1.54) is 0 Å². The van der Waals surface area contributed by atoms with Crippen molar-refractivity contribution >= 4 is 10.9 Å². The molecule has 68 valence electrons. The van der Waals surface area contributed by atoms with Gasteiger partial charge in [0.05, 0.1) is 11.6 Å². The molecule has 0 aliphatic carbocycles. The fraction of sp³-hybridized carbons (Fsp3) is 0.200. The topological polar surface area (TPSA) is 62.0 Å². The molecule has 1 atom stereocenters. The van der Waals surface area contributed by atoms with E-state index in [2.05, 4.69) is 4.98 Å². The Bertz CT molecular complexity index is 408. The summed E-state index contributed by atoms with van der Waals surface area (Å²) >= 11 is 0. The van der Waals surface area contributed by atoms with Crippen molar-refractivity contribution in [2.75, 3.05) is 6.54 Å². The molecule has 3 heteroatoms. The summed E-state index contributed by atoms with van der Waals surface area (Å²) in [5.74, 6) is 0. The van der Waals surface area contributed by atoms with Gasteiger partial charge in [-0.2, -0.15) is 0 Å². The molecule has 0 unspecified atom stereocenters. The van der Waals surface area contributed by atoms with Gasteiger partial charge in [0, 0.05) is 18.3 Å². The second kappa shape index (κ2) is 3.20. The molecular formula is C10H12N2O. The molecule has 13 heavy (non-hydrogen) atoms. The van der Waals surface area contributed by atoms with Gasteiger partial charge in [-0.15, -0.1) is 0 Å². The molecule has 1 aromatic heterocycles. The number of benzene rings is 1. The van der Waals surface area contributed by atoms with Crippen LogP contribution in [0.1, 0.15) is 11.7 Å². The average Bonchev–Trinajstić information content (AvgIpc) is 2.63. The molecule has 0 aliphatic rings. The van der Waals surface area contributed by atoms with Crippen molar-refractivity contribution in [1.82, 2.24) is 4.98 Å². The number of H-pyrrole nitrogens is 1. The van der Waals surface area contributed by atoms with Crippen LogP contribution in [0.5, 0.6) is 0 Å². The van der Waals surface area contributed by atoms with Crippen LogP contribution in [0.2, 0.25) is 0 Å². The number of aromatic nitrogens is 1. The smallest absolute Gasteiger partial charge is 0.0932 e. The molecule has 0 bridgehead atoms. The predicted octanol–water partition coefficient (Wildman–Crippen LogP) is 1.16. The number of nitrogens with two attached hydrogens (primary N) is 1. The molecule has 4 N–H and O–H groups in total. The van der Waals surface area contributed by atoms with Gasteiger partial charge in [-0.3, -0.25) is 0 Å². The van der Waals surface area contributed by atoms with Crippen LogP contribution in [-0.2, 0) is 0 Å². The molecule has 2 aromatic rings. The van der Waals surface area contributed by atoms with Crippen LogP contribution in [-0.4, -0.2) is 16.6 Å². The van der Waals surface area contributed by atoms with Crippen molar-refractivity contribution in [3.8, 4) is 0 Å². The molecule has 0 saturated carbocycles. The fourth-order valence-corrected chi connectivity index (χ4v) is 1.51. The lowest BCUT2D eigenvalue weighted by Gasteiger charge is -2.08. The van der Waals surface area contributed by atoms with Crippen LogP contribution in [0.3, 0.4) is 0 Å². The van der Waals surface area contributed by atoms with Crippen LogP contribution in [0.25, 0.3) is 10.9 Å². The molecule has 1 aromatic carbocycles. The van der Waals surface area contributed by atoms with Crippen molar-refractivity contribution in [3.63, 3.8) is 0 Å². The third-order valence-corrected chi connectivity index (χ3v) is 2.20. The van der Waals surface area contributed by atoms with Crippen molar-refractivity contribution < 1.29 is 5.11 Å². The molecule has 0 spiro atoms. The number of fused-ring (bicyclic) bond motifs is 1. The predicted molar refractivity (Wildman–Crippen MR) is 52.3 cm³/mol. The lowest BCUT2D eigenvalue weighted by molar-refractivity contribution is 0.188. The first-order valence-corrected chi connectivity index (χ1v) is 4.27. The summed E-state index contributed by atoms with van der Waals surface area (Å²) in [7, 11) is 0. The van der Waals surface area contributed by atoms with Crippen LogP contribution >= 0.6 is 0 Å². The average molecular weight is 176 g/mol. The van der Waals surface area contributed by atoms with Gasteiger partial charge in [0.2, 0.25) is 0 Å². The lowest BCUT2D eigenvalue weighted by Crippen LogP contribution is -2.11. The highest BCUT2D eigenvalue weighted by Crippen LogP contribution is 2.21. The summed E-state index contributed by atoms with van der Waals surface area (Å²) in [6.07, 6.45) is 1.28. The molecule has 0 fully saturated rings. The Morgan fingerprint density at radius 3 is 3.00 bits per heavy atom. The van der Waals surface area contributed by atoms with Crippen LogP contribution in [0, 0.1) is 0 Å². The van der Waals surface area contributed by atoms with Gasteiger partial charge >= 0.3 is 0 Å².